The molecule has 1 aromatic carbocycles. The maximum absolute atomic E-state index is 12.3. The molecule has 2 heterocycles. The highest BCUT2D eigenvalue weighted by Gasteiger charge is 2.27. The van der Waals surface area contributed by atoms with E-state index in [0.717, 1.165) is 5.56 Å². The highest BCUT2D eigenvalue weighted by Crippen LogP contribution is 2.36. The molecule has 126 valence electrons. The first-order valence-electron chi connectivity index (χ1n) is 7.36. The zero-order chi connectivity index (χ0) is 18.1. The predicted molar refractivity (Wildman–Crippen MR) is 92.3 cm³/mol. The lowest BCUT2D eigenvalue weighted by Crippen LogP contribution is -2.03. The Balaban J connectivity index is 2.36. The number of hydrogen-bond acceptors (Lipinski definition) is 6. The summed E-state index contributed by atoms with van der Waals surface area (Å²) >= 11 is 0. The number of carbonyl (C=O) groups is 1. The monoisotopic (exact) mass is 338 g/mol. The third-order valence-corrected chi connectivity index (χ3v) is 3.77. The second-order valence-electron chi connectivity index (χ2n) is 5.36. The number of furan rings is 1. The molecule has 25 heavy (non-hydrogen) atoms. The van der Waals surface area contributed by atoms with E-state index in [-0.39, 0.29) is 33.8 Å². The van der Waals surface area contributed by atoms with E-state index in [1.165, 1.54) is 19.3 Å². The molecule has 0 saturated carbocycles. The molecule has 2 aromatic heterocycles. The molecule has 0 spiro atoms. The van der Waals surface area contributed by atoms with Gasteiger partial charge in [0.1, 0.15) is 16.8 Å². The SMILES string of the molecule is C=Cc1nc2c(C(=O)OC)c(-c3ccc(C)cc3)oc2cc1[N+](=O)[O-]. The summed E-state index contributed by atoms with van der Waals surface area (Å²) in [7, 11) is 1.25. The van der Waals surface area contributed by atoms with Gasteiger partial charge in [0.05, 0.1) is 18.1 Å². The van der Waals surface area contributed by atoms with Crippen molar-refractivity contribution in [2.45, 2.75) is 6.92 Å². The van der Waals surface area contributed by atoms with Crippen molar-refractivity contribution in [1.82, 2.24) is 4.98 Å². The highest BCUT2D eigenvalue weighted by atomic mass is 16.6. The Hall–Kier alpha value is -3.48. The van der Waals surface area contributed by atoms with Crippen LogP contribution in [0.1, 0.15) is 21.6 Å². The Kier molecular flexibility index (Phi) is 4.06. The molecule has 0 N–H and O–H groups in total. The van der Waals surface area contributed by atoms with Crippen molar-refractivity contribution in [1.29, 1.82) is 0 Å². The molecule has 0 amide bonds. The zero-order valence-corrected chi connectivity index (χ0v) is 13.6. The Morgan fingerprint density at radius 3 is 2.60 bits per heavy atom. The first-order chi connectivity index (χ1) is 12.0. The van der Waals surface area contributed by atoms with Gasteiger partial charge in [-0.2, -0.15) is 0 Å². The fourth-order valence-corrected chi connectivity index (χ4v) is 2.52. The van der Waals surface area contributed by atoms with Crippen molar-refractivity contribution in [3.05, 3.63) is 63.8 Å². The van der Waals surface area contributed by atoms with Crippen LogP contribution in [-0.2, 0) is 4.74 Å². The van der Waals surface area contributed by atoms with Crippen LogP contribution in [-0.4, -0.2) is 23.0 Å². The van der Waals surface area contributed by atoms with Gasteiger partial charge in [-0.05, 0) is 13.0 Å². The second kappa shape index (κ2) is 6.20. The number of esters is 1. The molecule has 3 rings (SSSR count). The minimum atomic E-state index is -0.634. The largest absolute Gasteiger partial charge is 0.465 e. The molecule has 3 aromatic rings. The van der Waals surface area contributed by atoms with Gasteiger partial charge in [0.2, 0.25) is 0 Å². The molecule has 0 radical (unpaired) electrons. The fraction of sp³-hybridized carbons (Fsp3) is 0.111. The van der Waals surface area contributed by atoms with E-state index < -0.39 is 10.9 Å². The number of nitro groups is 1. The summed E-state index contributed by atoms with van der Waals surface area (Å²) in [5.41, 5.74) is 1.95. The van der Waals surface area contributed by atoms with Crippen molar-refractivity contribution in [3.8, 4) is 11.3 Å². The summed E-state index contributed by atoms with van der Waals surface area (Å²) in [4.78, 5) is 27.1. The number of fused-ring (bicyclic) bond motifs is 1. The van der Waals surface area contributed by atoms with Gasteiger partial charge in [-0.1, -0.05) is 36.4 Å². The van der Waals surface area contributed by atoms with Crippen LogP contribution in [0.4, 0.5) is 5.69 Å². The van der Waals surface area contributed by atoms with Crippen LogP contribution in [0.3, 0.4) is 0 Å². The quantitative estimate of drug-likeness (QED) is 0.403. The summed E-state index contributed by atoms with van der Waals surface area (Å²) in [6, 6.07) is 8.57. The molecular formula is C18H14N2O5. The Labute approximate surface area is 142 Å². The van der Waals surface area contributed by atoms with Gasteiger partial charge in [-0.15, -0.1) is 0 Å². The lowest BCUT2D eigenvalue weighted by Gasteiger charge is -2.02. The zero-order valence-electron chi connectivity index (χ0n) is 13.6. The number of hydrogen-bond donors (Lipinski definition) is 0. The van der Waals surface area contributed by atoms with Crippen molar-refractivity contribution in [2.75, 3.05) is 7.11 Å². The summed E-state index contributed by atoms with van der Waals surface area (Å²) in [5, 5.41) is 11.2. The lowest BCUT2D eigenvalue weighted by atomic mass is 10.1. The number of aryl methyl sites for hydroxylation is 1. The first kappa shape index (κ1) is 16.4. The molecule has 0 aliphatic carbocycles. The molecule has 7 heteroatoms. The molecule has 0 atom stereocenters. The van der Waals surface area contributed by atoms with Crippen LogP contribution < -0.4 is 0 Å². The number of pyridine rings is 1. The second-order valence-corrected chi connectivity index (χ2v) is 5.36. The van der Waals surface area contributed by atoms with Crippen LogP contribution in [0.15, 0.2) is 41.3 Å². The highest BCUT2D eigenvalue weighted by molar-refractivity contribution is 6.07. The first-order valence-corrected chi connectivity index (χ1v) is 7.36. The number of benzene rings is 1. The minimum absolute atomic E-state index is 0.0545. The third kappa shape index (κ3) is 2.76. The third-order valence-electron chi connectivity index (χ3n) is 3.77. The lowest BCUT2D eigenvalue weighted by molar-refractivity contribution is -0.385. The molecule has 0 fully saturated rings. The summed E-state index contributed by atoms with van der Waals surface area (Å²) < 4.78 is 10.6. The molecule has 0 aliphatic heterocycles. The van der Waals surface area contributed by atoms with Crippen LogP contribution in [0.2, 0.25) is 0 Å². The normalized spacial score (nSPS) is 10.6. The van der Waals surface area contributed by atoms with Crippen LogP contribution >= 0.6 is 0 Å². The van der Waals surface area contributed by atoms with Crippen LogP contribution in [0, 0.1) is 17.0 Å². The van der Waals surface area contributed by atoms with Crippen molar-refractivity contribution in [3.63, 3.8) is 0 Å². The van der Waals surface area contributed by atoms with E-state index >= 15 is 0 Å². The molecule has 7 nitrogen and oxygen atoms in total. The minimum Gasteiger partial charge on any atom is -0.465 e. The number of rotatable bonds is 4. The van der Waals surface area contributed by atoms with E-state index in [9.17, 15) is 14.9 Å². The maximum atomic E-state index is 12.3. The molecule has 0 saturated heterocycles. The molecule has 0 unspecified atom stereocenters. The average molecular weight is 338 g/mol. The Bertz CT molecular complexity index is 1000. The van der Waals surface area contributed by atoms with Gasteiger partial charge < -0.3 is 9.15 Å². The van der Waals surface area contributed by atoms with Gasteiger partial charge in [-0.25, -0.2) is 9.78 Å². The number of carbonyl (C=O) groups excluding carboxylic acids is 1. The van der Waals surface area contributed by atoms with E-state index in [4.69, 9.17) is 9.15 Å². The molecular weight excluding hydrogens is 324 g/mol. The molecule has 0 aliphatic rings. The predicted octanol–water partition coefficient (Wildman–Crippen LogP) is 4.14. The average Bonchev–Trinajstić information content (AvgIpc) is 2.98. The van der Waals surface area contributed by atoms with E-state index in [2.05, 4.69) is 11.6 Å². The fourth-order valence-electron chi connectivity index (χ4n) is 2.52. The van der Waals surface area contributed by atoms with E-state index in [1.807, 2.05) is 19.1 Å². The number of ether oxygens (including phenoxy) is 1. The summed E-state index contributed by atoms with van der Waals surface area (Å²) in [6.45, 7) is 5.47. The number of methoxy groups -OCH3 is 1. The Morgan fingerprint density at radius 2 is 2.04 bits per heavy atom. The topological polar surface area (TPSA) is 95.5 Å². The van der Waals surface area contributed by atoms with E-state index in [1.54, 1.807) is 12.1 Å². The van der Waals surface area contributed by atoms with Crippen LogP contribution in [0.5, 0.6) is 0 Å². The van der Waals surface area contributed by atoms with Crippen molar-refractivity contribution in [2.24, 2.45) is 0 Å². The molecule has 0 bridgehead atoms. The summed E-state index contributed by atoms with van der Waals surface area (Å²) in [5.74, 6) is -0.379. The van der Waals surface area contributed by atoms with Gasteiger partial charge in [0.15, 0.2) is 11.3 Å². The smallest absolute Gasteiger partial charge is 0.344 e. The van der Waals surface area contributed by atoms with Crippen molar-refractivity contribution >= 4 is 28.8 Å². The van der Waals surface area contributed by atoms with Gasteiger partial charge in [0.25, 0.3) is 5.69 Å². The van der Waals surface area contributed by atoms with Gasteiger partial charge >= 0.3 is 5.97 Å². The number of nitrogens with zero attached hydrogens (tertiary/aromatic N) is 2. The summed E-state index contributed by atoms with van der Waals surface area (Å²) in [6.07, 6.45) is 1.26. The standard InChI is InChI=1S/C18H14N2O5/c1-4-12-13(20(22)23)9-14-16(19-12)15(18(21)24-3)17(25-14)11-7-5-10(2)6-8-11/h4-9H,1H2,2-3H3. The number of aromatic nitrogens is 1. The van der Waals surface area contributed by atoms with Gasteiger partial charge in [-0.3, -0.25) is 10.1 Å². The Morgan fingerprint density at radius 1 is 1.36 bits per heavy atom. The van der Waals surface area contributed by atoms with Gasteiger partial charge in [0, 0.05) is 5.56 Å². The van der Waals surface area contributed by atoms with E-state index in [0.29, 0.717) is 5.56 Å². The van der Waals surface area contributed by atoms with Crippen molar-refractivity contribution < 1.29 is 18.9 Å². The van der Waals surface area contributed by atoms with Crippen LogP contribution in [0.25, 0.3) is 28.5 Å². The maximum Gasteiger partial charge on any atom is 0.344 e.